The lowest BCUT2D eigenvalue weighted by Gasteiger charge is -2.15. The van der Waals surface area contributed by atoms with Gasteiger partial charge in [-0.25, -0.2) is 0 Å². The van der Waals surface area contributed by atoms with Gasteiger partial charge in [0, 0.05) is 13.2 Å². The van der Waals surface area contributed by atoms with Gasteiger partial charge in [-0.05, 0) is 44.4 Å². The van der Waals surface area contributed by atoms with E-state index in [1.807, 2.05) is 0 Å². The molecule has 0 aliphatic carbocycles. The topological polar surface area (TPSA) is 35.5 Å². The monoisotopic (exact) mass is 200 g/mol. The number of aliphatic hydroxyl groups excluding tert-OH is 1. The van der Waals surface area contributed by atoms with Crippen LogP contribution in [0.5, 0.6) is 0 Å². The fourth-order valence-electron chi connectivity index (χ4n) is 1.97. The zero-order valence-electron chi connectivity index (χ0n) is 9.50. The molecule has 0 bridgehead atoms. The maximum absolute atomic E-state index is 8.86. The molecule has 3 nitrogen and oxygen atoms in total. The van der Waals surface area contributed by atoms with Gasteiger partial charge in [0.2, 0.25) is 0 Å². The third-order valence-corrected chi connectivity index (χ3v) is 3.05. The van der Waals surface area contributed by atoms with E-state index in [4.69, 9.17) is 5.11 Å². The number of nitrogens with zero attached hydrogens (tertiary/aromatic N) is 1. The first-order valence-corrected chi connectivity index (χ1v) is 5.80. The van der Waals surface area contributed by atoms with Crippen molar-refractivity contribution in [1.82, 2.24) is 10.2 Å². The van der Waals surface area contributed by atoms with E-state index in [2.05, 4.69) is 24.1 Å². The Morgan fingerprint density at radius 2 is 2.36 bits per heavy atom. The van der Waals surface area contributed by atoms with E-state index >= 15 is 0 Å². The van der Waals surface area contributed by atoms with E-state index in [1.54, 1.807) is 0 Å². The van der Waals surface area contributed by atoms with Gasteiger partial charge in [-0.15, -0.1) is 0 Å². The Hall–Kier alpha value is -0.120. The highest BCUT2D eigenvalue weighted by atomic mass is 16.3. The molecular formula is C11H24N2O. The summed E-state index contributed by atoms with van der Waals surface area (Å²) in [5, 5.41) is 12.3. The van der Waals surface area contributed by atoms with E-state index < -0.39 is 0 Å². The van der Waals surface area contributed by atoms with Gasteiger partial charge in [0.15, 0.2) is 0 Å². The van der Waals surface area contributed by atoms with E-state index in [1.165, 1.54) is 26.1 Å². The van der Waals surface area contributed by atoms with E-state index in [9.17, 15) is 0 Å². The molecule has 0 aromatic carbocycles. The molecule has 0 radical (unpaired) electrons. The molecule has 2 atom stereocenters. The van der Waals surface area contributed by atoms with Crippen molar-refractivity contribution < 1.29 is 5.11 Å². The third-order valence-electron chi connectivity index (χ3n) is 3.05. The SMILES string of the molecule is CCN1CCC(CNCC(C)CO)C1. The normalized spacial score (nSPS) is 25.5. The first-order chi connectivity index (χ1) is 6.76. The second-order valence-corrected chi connectivity index (χ2v) is 4.49. The van der Waals surface area contributed by atoms with Crippen molar-refractivity contribution >= 4 is 0 Å². The minimum atomic E-state index is 0.290. The Labute approximate surface area is 87.5 Å². The minimum Gasteiger partial charge on any atom is -0.396 e. The Balaban J connectivity index is 2.03. The minimum absolute atomic E-state index is 0.290. The number of rotatable bonds is 6. The number of aliphatic hydroxyl groups is 1. The first kappa shape index (κ1) is 12.0. The molecule has 0 aromatic heterocycles. The quantitative estimate of drug-likeness (QED) is 0.657. The molecule has 1 aliphatic rings. The van der Waals surface area contributed by atoms with Crippen LogP contribution in [-0.4, -0.2) is 49.3 Å². The van der Waals surface area contributed by atoms with Gasteiger partial charge < -0.3 is 15.3 Å². The largest absolute Gasteiger partial charge is 0.396 e. The van der Waals surface area contributed by atoms with Crippen LogP contribution >= 0.6 is 0 Å². The van der Waals surface area contributed by atoms with Gasteiger partial charge in [0.05, 0.1) is 0 Å². The first-order valence-electron chi connectivity index (χ1n) is 5.80. The van der Waals surface area contributed by atoms with E-state index in [-0.39, 0.29) is 0 Å². The molecule has 0 aromatic rings. The Morgan fingerprint density at radius 1 is 1.57 bits per heavy atom. The lowest BCUT2D eigenvalue weighted by Crippen LogP contribution is -2.30. The van der Waals surface area contributed by atoms with Gasteiger partial charge in [-0.3, -0.25) is 0 Å². The predicted octanol–water partition coefficient (Wildman–Crippen LogP) is 0.546. The number of hydrogen-bond acceptors (Lipinski definition) is 3. The summed E-state index contributed by atoms with van der Waals surface area (Å²) >= 11 is 0. The van der Waals surface area contributed by atoms with Crippen molar-refractivity contribution in [2.75, 3.05) is 39.3 Å². The van der Waals surface area contributed by atoms with Crippen molar-refractivity contribution in [1.29, 1.82) is 0 Å². The van der Waals surface area contributed by atoms with Crippen LogP contribution in [0, 0.1) is 11.8 Å². The van der Waals surface area contributed by atoms with Gasteiger partial charge in [0.1, 0.15) is 0 Å². The van der Waals surface area contributed by atoms with Crippen molar-refractivity contribution in [2.24, 2.45) is 11.8 Å². The summed E-state index contributed by atoms with van der Waals surface area (Å²) in [5.41, 5.74) is 0. The lowest BCUT2D eigenvalue weighted by atomic mass is 10.1. The fourth-order valence-corrected chi connectivity index (χ4v) is 1.97. The van der Waals surface area contributed by atoms with Crippen LogP contribution in [0.15, 0.2) is 0 Å². The summed E-state index contributed by atoms with van der Waals surface area (Å²) in [4.78, 5) is 2.50. The summed E-state index contributed by atoms with van der Waals surface area (Å²) in [6.45, 7) is 10.3. The van der Waals surface area contributed by atoms with Crippen LogP contribution in [-0.2, 0) is 0 Å². The van der Waals surface area contributed by atoms with E-state index in [0.29, 0.717) is 12.5 Å². The average molecular weight is 200 g/mol. The van der Waals surface area contributed by atoms with Gasteiger partial charge >= 0.3 is 0 Å². The lowest BCUT2D eigenvalue weighted by molar-refractivity contribution is 0.232. The average Bonchev–Trinajstić information content (AvgIpc) is 2.65. The molecule has 1 rings (SSSR count). The molecule has 1 aliphatic heterocycles. The highest BCUT2D eigenvalue weighted by Crippen LogP contribution is 2.14. The molecule has 14 heavy (non-hydrogen) atoms. The molecule has 2 N–H and O–H groups in total. The molecule has 0 spiro atoms. The Bertz CT molecular complexity index is 152. The molecule has 84 valence electrons. The van der Waals surface area contributed by atoms with Crippen LogP contribution in [0.1, 0.15) is 20.3 Å². The zero-order valence-corrected chi connectivity index (χ0v) is 9.50. The van der Waals surface area contributed by atoms with Crippen LogP contribution < -0.4 is 5.32 Å². The van der Waals surface area contributed by atoms with Crippen LogP contribution in [0.25, 0.3) is 0 Å². The maximum Gasteiger partial charge on any atom is 0.0468 e. The number of hydrogen-bond donors (Lipinski definition) is 2. The second kappa shape index (κ2) is 6.38. The fraction of sp³-hybridized carbons (Fsp3) is 1.00. The molecule has 0 amide bonds. The van der Waals surface area contributed by atoms with Crippen molar-refractivity contribution in [3.63, 3.8) is 0 Å². The van der Waals surface area contributed by atoms with Crippen LogP contribution in [0.2, 0.25) is 0 Å². The van der Waals surface area contributed by atoms with E-state index in [0.717, 1.165) is 19.0 Å². The second-order valence-electron chi connectivity index (χ2n) is 4.49. The van der Waals surface area contributed by atoms with Crippen LogP contribution in [0.3, 0.4) is 0 Å². The highest BCUT2D eigenvalue weighted by Gasteiger charge is 2.20. The standard InChI is InChI=1S/C11H24N2O/c1-3-13-5-4-11(8-13)7-12-6-10(2)9-14/h10-12,14H,3-9H2,1-2H3. The smallest absolute Gasteiger partial charge is 0.0468 e. The summed E-state index contributed by atoms with van der Waals surface area (Å²) in [6.07, 6.45) is 1.33. The van der Waals surface area contributed by atoms with Crippen molar-refractivity contribution in [3.05, 3.63) is 0 Å². The highest BCUT2D eigenvalue weighted by molar-refractivity contribution is 4.76. The summed E-state index contributed by atoms with van der Waals surface area (Å²) in [7, 11) is 0. The van der Waals surface area contributed by atoms with Gasteiger partial charge in [0.25, 0.3) is 0 Å². The molecule has 1 heterocycles. The molecule has 2 unspecified atom stereocenters. The molecule has 3 heteroatoms. The summed E-state index contributed by atoms with van der Waals surface area (Å²) in [6, 6.07) is 0. The zero-order chi connectivity index (χ0) is 10.4. The number of likely N-dealkylation sites (tertiary alicyclic amines) is 1. The third kappa shape index (κ3) is 3.95. The van der Waals surface area contributed by atoms with Gasteiger partial charge in [-0.1, -0.05) is 13.8 Å². The van der Waals surface area contributed by atoms with Crippen molar-refractivity contribution in [3.8, 4) is 0 Å². The molecule has 1 saturated heterocycles. The molecule has 1 fully saturated rings. The van der Waals surface area contributed by atoms with Crippen LogP contribution in [0.4, 0.5) is 0 Å². The maximum atomic E-state index is 8.86. The Kier molecular flexibility index (Phi) is 5.45. The predicted molar refractivity (Wildman–Crippen MR) is 59.3 cm³/mol. The summed E-state index contributed by atoms with van der Waals surface area (Å²) < 4.78 is 0. The number of nitrogens with one attached hydrogen (secondary N) is 1. The summed E-state index contributed by atoms with van der Waals surface area (Å²) in [5.74, 6) is 1.21. The van der Waals surface area contributed by atoms with Gasteiger partial charge in [-0.2, -0.15) is 0 Å². The Morgan fingerprint density at radius 3 is 2.93 bits per heavy atom. The molecule has 0 saturated carbocycles. The van der Waals surface area contributed by atoms with Crippen molar-refractivity contribution in [2.45, 2.75) is 20.3 Å². The molecular weight excluding hydrogens is 176 g/mol.